The number of carbonyl (C=O) groups excluding carboxylic acids is 1. The molecule has 2 fully saturated rings. The maximum Gasteiger partial charge on any atom is 0.273 e. The van der Waals surface area contributed by atoms with Crippen molar-refractivity contribution in [3.63, 3.8) is 0 Å². The van der Waals surface area contributed by atoms with Gasteiger partial charge in [0.25, 0.3) is 5.91 Å². The van der Waals surface area contributed by atoms with E-state index < -0.39 is 0 Å². The highest BCUT2D eigenvalue weighted by atomic mass is 16.5. The van der Waals surface area contributed by atoms with Crippen LogP contribution in [0.5, 0.6) is 0 Å². The number of aromatic nitrogens is 3. The Morgan fingerprint density at radius 2 is 2.32 bits per heavy atom. The third-order valence-electron chi connectivity index (χ3n) is 4.88. The molecule has 2 aromatic heterocycles. The summed E-state index contributed by atoms with van der Waals surface area (Å²) in [5, 5.41) is 0.793. The predicted octanol–water partition coefficient (Wildman–Crippen LogP) is 1.99. The number of carbonyl (C=O) groups is 1. The number of ether oxygens (including phenoxy) is 1. The molecule has 0 bridgehead atoms. The van der Waals surface area contributed by atoms with Gasteiger partial charge in [0.1, 0.15) is 17.7 Å². The van der Waals surface area contributed by atoms with Gasteiger partial charge in [-0.1, -0.05) is 19.3 Å². The smallest absolute Gasteiger partial charge is 0.273 e. The summed E-state index contributed by atoms with van der Waals surface area (Å²) in [6, 6.07) is 2.04. The normalized spacial score (nSPS) is 22.7. The van der Waals surface area contributed by atoms with Gasteiger partial charge in [0.2, 0.25) is 0 Å². The van der Waals surface area contributed by atoms with Crippen molar-refractivity contribution >= 4 is 16.9 Å². The summed E-state index contributed by atoms with van der Waals surface area (Å²) >= 11 is 0. The lowest BCUT2D eigenvalue weighted by molar-refractivity contribution is -0.0126. The number of H-pyrrole nitrogens is 1. The first-order valence-electron chi connectivity index (χ1n) is 8.00. The van der Waals surface area contributed by atoms with Crippen LogP contribution in [-0.4, -0.2) is 51.6 Å². The molecule has 1 saturated carbocycles. The number of nitrogens with zero attached hydrogens (tertiary/aromatic N) is 3. The minimum atomic E-state index is -0.000349. The number of morpholine rings is 1. The Hall–Kier alpha value is -1.95. The molecule has 1 aliphatic carbocycles. The van der Waals surface area contributed by atoms with E-state index in [2.05, 4.69) is 15.0 Å². The fourth-order valence-electron chi connectivity index (χ4n) is 3.41. The van der Waals surface area contributed by atoms with Crippen LogP contribution in [-0.2, 0) is 4.74 Å². The molecule has 1 unspecified atom stereocenters. The Kier molecular flexibility index (Phi) is 3.54. The monoisotopic (exact) mass is 300 g/mol. The summed E-state index contributed by atoms with van der Waals surface area (Å²) in [5.74, 6) is 0.749. The van der Waals surface area contributed by atoms with Gasteiger partial charge in [0.05, 0.1) is 24.6 Å². The van der Waals surface area contributed by atoms with Crippen LogP contribution in [0, 0.1) is 5.92 Å². The molecule has 4 rings (SSSR count). The lowest BCUT2D eigenvalue weighted by atomic mass is 9.80. The molecule has 3 heterocycles. The third kappa shape index (κ3) is 2.37. The SMILES string of the molecule is O=C(c1ncnc2[nH]ccc12)N1CCOCC1CC1CCC1. The van der Waals surface area contributed by atoms with Gasteiger partial charge in [-0.2, -0.15) is 0 Å². The second-order valence-corrected chi connectivity index (χ2v) is 6.22. The van der Waals surface area contributed by atoms with E-state index in [-0.39, 0.29) is 11.9 Å². The van der Waals surface area contributed by atoms with Gasteiger partial charge in [-0.05, 0) is 18.4 Å². The average molecular weight is 300 g/mol. The number of amides is 1. The van der Waals surface area contributed by atoms with E-state index in [1.807, 2.05) is 11.0 Å². The van der Waals surface area contributed by atoms with Crippen LogP contribution in [0.1, 0.15) is 36.2 Å². The number of aromatic amines is 1. The topological polar surface area (TPSA) is 71.1 Å². The molecule has 116 valence electrons. The predicted molar refractivity (Wildman–Crippen MR) is 81.5 cm³/mol. The largest absolute Gasteiger partial charge is 0.377 e. The average Bonchev–Trinajstić information content (AvgIpc) is 2.99. The van der Waals surface area contributed by atoms with Crippen molar-refractivity contribution in [2.45, 2.75) is 31.7 Å². The number of fused-ring (bicyclic) bond motifs is 1. The summed E-state index contributed by atoms with van der Waals surface area (Å²) in [7, 11) is 0. The van der Waals surface area contributed by atoms with Crippen LogP contribution in [0.3, 0.4) is 0 Å². The van der Waals surface area contributed by atoms with E-state index in [9.17, 15) is 4.79 Å². The molecule has 1 atom stereocenters. The van der Waals surface area contributed by atoms with Gasteiger partial charge in [-0.3, -0.25) is 4.79 Å². The number of nitrogens with one attached hydrogen (secondary N) is 1. The van der Waals surface area contributed by atoms with Crippen molar-refractivity contribution in [2.24, 2.45) is 5.92 Å². The molecule has 0 aromatic carbocycles. The molecule has 1 aliphatic heterocycles. The van der Waals surface area contributed by atoms with Gasteiger partial charge >= 0.3 is 0 Å². The highest BCUT2D eigenvalue weighted by molar-refractivity contribution is 6.03. The second kappa shape index (κ2) is 5.68. The minimum absolute atomic E-state index is 0.000349. The van der Waals surface area contributed by atoms with Gasteiger partial charge in [0, 0.05) is 12.7 Å². The first-order chi connectivity index (χ1) is 10.8. The number of hydrogen-bond acceptors (Lipinski definition) is 4. The molecule has 1 amide bonds. The molecule has 1 saturated heterocycles. The van der Waals surface area contributed by atoms with Crippen molar-refractivity contribution in [3.05, 3.63) is 24.3 Å². The van der Waals surface area contributed by atoms with Crippen LogP contribution in [0.2, 0.25) is 0 Å². The van der Waals surface area contributed by atoms with E-state index in [1.54, 1.807) is 6.20 Å². The van der Waals surface area contributed by atoms with E-state index in [0.717, 1.165) is 17.7 Å². The van der Waals surface area contributed by atoms with Crippen LogP contribution >= 0.6 is 0 Å². The highest BCUT2D eigenvalue weighted by Gasteiger charge is 2.33. The zero-order valence-corrected chi connectivity index (χ0v) is 12.5. The Balaban J connectivity index is 1.60. The maximum absolute atomic E-state index is 13.0. The van der Waals surface area contributed by atoms with Crippen LogP contribution in [0.15, 0.2) is 18.6 Å². The Bertz CT molecular complexity index is 680. The lowest BCUT2D eigenvalue weighted by Gasteiger charge is -2.39. The van der Waals surface area contributed by atoms with Crippen molar-refractivity contribution in [2.75, 3.05) is 19.8 Å². The minimum Gasteiger partial charge on any atom is -0.377 e. The van der Waals surface area contributed by atoms with E-state index in [0.29, 0.717) is 31.1 Å². The van der Waals surface area contributed by atoms with Crippen molar-refractivity contribution in [1.82, 2.24) is 19.9 Å². The summed E-state index contributed by atoms with van der Waals surface area (Å²) in [4.78, 5) is 26.4. The fraction of sp³-hybridized carbons (Fsp3) is 0.562. The van der Waals surface area contributed by atoms with Crippen LogP contribution in [0.25, 0.3) is 11.0 Å². The molecule has 0 spiro atoms. The quantitative estimate of drug-likeness (QED) is 0.941. The van der Waals surface area contributed by atoms with E-state index >= 15 is 0 Å². The first kappa shape index (κ1) is 13.7. The van der Waals surface area contributed by atoms with E-state index in [1.165, 1.54) is 25.6 Å². The number of rotatable bonds is 3. The molecule has 2 aromatic rings. The Morgan fingerprint density at radius 1 is 1.41 bits per heavy atom. The lowest BCUT2D eigenvalue weighted by Crippen LogP contribution is -2.50. The number of hydrogen-bond donors (Lipinski definition) is 1. The van der Waals surface area contributed by atoms with E-state index in [4.69, 9.17) is 4.74 Å². The standard InChI is InChI=1S/C16H20N4O2/c21-16(14-13-4-5-17-15(13)19-10-18-14)20-6-7-22-9-12(20)8-11-2-1-3-11/h4-5,10-12H,1-3,6-9H2,(H,17,18,19). The molecular weight excluding hydrogens is 280 g/mol. The summed E-state index contributed by atoms with van der Waals surface area (Å²) < 4.78 is 5.61. The highest BCUT2D eigenvalue weighted by Crippen LogP contribution is 2.32. The van der Waals surface area contributed by atoms with Gasteiger partial charge < -0.3 is 14.6 Å². The summed E-state index contributed by atoms with van der Waals surface area (Å²) in [6.45, 7) is 1.89. The third-order valence-corrected chi connectivity index (χ3v) is 4.88. The molecule has 6 heteroatoms. The van der Waals surface area contributed by atoms with Crippen molar-refractivity contribution in [3.8, 4) is 0 Å². The summed E-state index contributed by atoms with van der Waals surface area (Å²) in [5.41, 5.74) is 1.20. The molecular formula is C16H20N4O2. The zero-order chi connectivity index (χ0) is 14.9. The van der Waals surface area contributed by atoms with Gasteiger partial charge in [-0.15, -0.1) is 0 Å². The van der Waals surface area contributed by atoms with Gasteiger partial charge in [-0.25, -0.2) is 9.97 Å². The van der Waals surface area contributed by atoms with Crippen molar-refractivity contribution < 1.29 is 9.53 Å². The molecule has 22 heavy (non-hydrogen) atoms. The maximum atomic E-state index is 13.0. The first-order valence-corrected chi connectivity index (χ1v) is 8.00. The van der Waals surface area contributed by atoms with Crippen molar-refractivity contribution in [1.29, 1.82) is 0 Å². The summed E-state index contributed by atoms with van der Waals surface area (Å²) in [6.07, 6.45) is 8.19. The zero-order valence-electron chi connectivity index (χ0n) is 12.5. The van der Waals surface area contributed by atoms with Gasteiger partial charge in [0.15, 0.2) is 0 Å². The second-order valence-electron chi connectivity index (χ2n) is 6.22. The molecule has 6 nitrogen and oxygen atoms in total. The van der Waals surface area contributed by atoms with Crippen LogP contribution in [0.4, 0.5) is 0 Å². The molecule has 0 radical (unpaired) electrons. The fourth-order valence-corrected chi connectivity index (χ4v) is 3.41. The van der Waals surface area contributed by atoms with Crippen LogP contribution < -0.4 is 0 Å². The Labute approximate surface area is 128 Å². The molecule has 1 N–H and O–H groups in total. The molecule has 2 aliphatic rings. The Morgan fingerprint density at radius 3 is 3.14 bits per heavy atom.